The van der Waals surface area contributed by atoms with Crippen LogP contribution in [0, 0.1) is 0 Å². The van der Waals surface area contributed by atoms with Gasteiger partial charge in [0, 0.05) is 0 Å². The monoisotopic (exact) mass is 316 g/mol. The first-order valence-electron chi connectivity index (χ1n) is 8.38. The molecule has 0 amide bonds. The van der Waals surface area contributed by atoms with Gasteiger partial charge in [-0.3, -0.25) is 0 Å². The fourth-order valence-electron chi connectivity index (χ4n) is 3.30. The largest absolute Gasteiger partial charge is 0.490 e. The van der Waals surface area contributed by atoms with Gasteiger partial charge >= 0.3 is 0 Å². The Labute approximate surface area is 142 Å². The first kappa shape index (κ1) is 15.0. The number of fused-ring (bicyclic) bond motifs is 1. The predicted octanol–water partition coefficient (Wildman–Crippen LogP) is 5.09. The molecule has 3 aromatic carbocycles. The first-order chi connectivity index (χ1) is 11.8. The van der Waals surface area contributed by atoms with Gasteiger partial charge in [0.25, 0.3) is 0 Å². The number of ether oxygens (including phenoxy) is 1. The topological polar surface area (TPSA) is 29.5 Å². The Morgan fingerprint density at radius 1 is 0.833 bits per heavy atom. The van der Waals surface area contributed by atoms with Gasteiger partial charge in [0.05, 0.1) is 12.4 Å². The maximum Gasteiger partial charge on any atom is 0.149 e. The zero-order valence-electron chi connectivity index (χ0n) is 13.4. The molecule has 3 aromatic rings. The maximum absolute atomic E-state index is 10.5. The summed E-state index contributed by atoms with van der Waals surface area (Å²) in [6.45, 7) is 0. The van der Waals surface area contributed by atoms with E-state index in [9.17, 15) is 5.11 Å². The standard InChI is InChI=1S/C22H20O2/c23-21-13-12-20(15-24-22(21)17-7-2-1-3-8-17)19-11-10-16-6-4-5-9-18(16)14-19/h1-11,14-15,21-23H,12-13H2. The average molecular weight is 316 g/mol. The van der Waals surface area contributed by atoms with E-state index in [4.69, 9.17) is 4.74 Å². The Balaban J connectivity index is 1.65. The van der Waals surface area contributed by atoms with Crippen molar-refractivity contribution in [2.24, 2.45) is 0 Å². The van der Waals surface area contributed by atoms with Crippen LogP contribution in [-0.2, 0) is 4.74 Å². The quantitative estimate of drug-likeness (QED) is 0.713. The summed E-state index contributed by atoms with van der Waals surface area (Å²) in [6.07, 6.45) is 2.53. The van der Waals surface area contributed by atoms with Crippen molar-refractivity contribution in [3.8, 4) is 0 Å². The lowest BCUT2D eigenvalue weighted by Gasteiger charge is -2.20. The molecule has 1 aliphatic rings. The molecule has 2 heteroatoms. The van der Waals surface area contributed by atoms with Crippen LogP contribution in [0.1, 0.15) is 30.1 Å². The van der Waals surface area contributed by atoms with Crippen LogP contribution in [0.2, 0.25) is 0 Å². The molecule has 1 heterocycles. The van der Waals surface area contributed by atoms with Crippen LogP contribution in [0.25, 0.3) is 16.3 Å². The molecule has 0 radical (unpaired) electrons. The highest BCUT2D eigenvalue weighted by Gasteiger charge is 2.25. The minimum Gasteiger partial charge on any atom is -0.490 e. The number of hydrogen-bond donors (Lipinski definition) is 1. The summed E-state index contributed by atoms with van der Waals surface area (Å²) in [5, 5.41) is 12.9. The van der Waals surface area contributed by atoms with Gasteiger partial charge in [-0.25, -0.2) is 0 Å². The summed E-state index contributed by atoms with van der Waals surface area (Å²) < 4.78 is 5.97. The third-order valence-corrected chi connectivity index (χ3v) is 4.66. The van der Waals surface area contributed by atoms with Crippen molar-refractivity contribution in [1.82, 2.24) is 0 Å². The van der Waals surface area contributed by atoms with Gasteiger partial charge < -0.3 is 9.84 Å². The van der Waals surface area contributed by atoms with Crippen LogP contribution >= 0.6 is 0 Å². The summed E-state index contributed by atoms with van der Waals surface area (Å²) in [5.74, 6) is 0. The van der Waals surface area contributed by atoms with Crippen LogP contribution in [0.15, 0.2) is 79.1 Å². The highest BCUT2D eigenvalue weighted by atomic mass is 16.5. The molecule has 2 nitrogen and oxygen atoms in total. The normalized spacial score (nSPS) is 21.0. The van der Waals surface area contributed by atoms with Crippen molar-refractivity contribution < 1.29 is 9.84 Å². The summed E-state index contributed by atoms with van der Waals surface area (Å²) in [4.78, 5) is 0. The molecular weight excluding hydrogens is 296 g/mol. The van der Waals surface area contributed by atoms with E-state index in [0.29, 0.717) is 6.42 Å². The summed E-state index contributed by atoms with van der Waals surface area (Å²) >= 11 is 0. The van der Waals surface area contributed by atoms with E-state index in [2.05, 4.69) is 42.5 Å². The second-order valence-electron chi connectivity index (χ2n) is 6.28. The molecule has 2 atom stereocenters. The van der Waals surface area contributed by atoms with Crippen molar-refractivity contribution in [3.05, 3.63) is 90.2 Å². The zero-order chi connectivity index (χ0) is 16.4. The molecule has 1 aliphatic heterocycles. The molecule has 0 saturated carbocycles. The Morgan fingerprint density at radius 2 is 1.58 bits per heavy atom. The lowest BCUT2D eigenvalue weighted by molar-refractivity contribution is 0.00939. The SMILES string of the molecule is OC1CCC(c2ccc3ccccc3c2)=COC1c1ccccc1. The Morgan fingerprint density at radius 3 is 2.42 bits per heavy atom. The van der Waals surface area contributed by atoms with Crippen molar-refractivity contribution >= 4 is 16.3 Å². The Bertz CT molecular complexity index is 867. The van der Waals surface area contributed by atoms with Gasteiger partial charge in [-0.2, -0.15) is 0 Å². The molecule has 24 heavy (non-hydrogen) atoms. The summed E-state index contributed by atoms with van der Waals surface area (Å²) in [5.41, 5.74) is 3.31. The molecule has 0 aliphatic carbocycles. The van der Waals surface area contributed by atoms with Crippen LogP contribution in [0.3, 0.4) is 0 Å². The number of aliphatic hydroxyl groups is 1. The number of benzene rings is 3. The number of hydrogen-bond acceptors (Lipinski definition) is 2. The third-order valence-electron chi connectivity index (χ3n) is 4.66. The van der Waals surface area contributed by atoms with E-state index in [-0.39, 0.29) is 6.10 Å². The molecule has 0 aromatic heterocycles. The smallest absolute Gasteiger partial charge is 0.149 e. The Hall–Kier alpha value is -2.58. The second kappa shape index (κ2) is 6.50. The lowest BCUT2D eigenvalue weighted by atomic mass is 9.96. The van der Waals surface area contributed by atoms with E-state index >= 15 is 0 Å². The van der Waals surface area contributed by atoms with E-state index in [1.54, 1.807) is 0 Å². The highest BCUT2D eigenvalue weighted by Crippen LogP contribution is 2.33. The number of rotatable bonds is 2. The van der Waals surface area contributed by atoms with E-state index < -0.39 is 6.10 Å². The predicted molar refractivity (Wildman–Crippen MR) is 97.4 cm³/mol. The second-order valence-corrected chi connectivity index (χ2v) is 6.28. The molecule has 120 valence electrons. The number of aliphatic hydroxyl groups excluding tert-OH is 1. The molecule has 1 N–H and O–H groups in total. The fourth-order valence-corrected chi connectivity index (χ4v) is 3.30. The molecule has 2 unspecified atom stereocenters. The minimum atomic E-state index is -0.499. The maximum atomic E-state index is 10.5. The molecule has 4 rings (SSSR count). The van der Waals surface area contributed by atoms with E-state index in [0.717, 1.165) is 23.1 Å². The minimum absolute atomic E-state index is 0.302. The van der Waals surface area contributed by atoms with Gasteiger partial charge in [0.1, 0.15) is 6.10 Å². The van der Waals surface area contributed by atoms with Gasteiger partial charge in [-0.1, -0.05) is 66.7 Å². The molecule has 0 fully saturated rings. The van der Waals surface area contributed by atoms with E-state index in [1.807, 2.05) is 36.6 Å². The third kappa shape index (κ3) is 2.93. The van der Waals surface area contributed by atoms with E-state index in [1.165, 1.54) is 10.8 Å². The first-order valence-corrected chi connectivity index (χ1v) is 8.38. The van der Waals surface area contributed by atoms with Gasteiger partial charge in [0.15, 0.2) is 0 Å². The van der Waals surface area contributed by atoms with Crippen molar-refractivity contribution in [1.29, 1.82) is 0 Å². The van der Waals surface area contributed by atoms with Crippen LogP contribution in [0.4, 0.5) is 0 Å². The summed E-state index contributed by atoms with van der Waals surface area (Å²) in [7, 11) is 0. The Kier molecular flexibility index (Phi) is 4.06. The molecule has 0 bridgehead atoms. The van der Waals surface area contributed by atoms with Crippen LogP contribution in [0.5, 0.6) is 0 Å². The van der Waals surface area contributed by atoms with Gasteiger partial charge in [-0.15, -0.1) is 0 Å². The average Bonchev–Trinajstić information content (AvgIpc) is 2.84. The molecular formula is C22H20O2. The van der Waals surface area contributed by atoms with Crippen molar-refractivity contribution in [2.45, 2.75) is 25.0 Å². The molecule has 0 saturated heterocycles. The fraction of sp³-hybridized carbons (Fsp3) is 0.182. The van der Waals surface area contributed by atoms with Crippen LogP contribution < -0.4 is 0 Å². The van der Waals surface area contributed by atoms with Crippen molar-refractivity contribution in [3.63, 3.8) is 0 Å². The van der Waals surface area contributed by atoms with Gasteiger partial charge in [0.2, 0.25) is 0 Å². The summed E-state index contributed by atoms with van der Waals surface area (Å²) in [6, 6.07) is 24.7. The zero-order valence-corrected chi connectivity index (χ0v) is 13.4. The highest BCUT2D eigenvalue weighted by molar-refractivity contribution is 5.86. The lowest BCUT2D eigenvalue weighted by Crippen LogP contribution is -2.18. The number of allylic oxidation sites excluding steroid dienone is 1. The van der Waals surface area contributed by atoms with Crippen molar-refractivity contribution in [2.75, 3.05) is 0 Å². The van der Waals surface area contributed by atoms with Gasteiger partial charge in [-0.05, 0) is 46.4 Å². The molecule has 0 spiro atoms. The van der Waals surface area contributed by atoms with Crippen LogP contribution in [-0.4, -0.2) is 11.2 Å².